The number of nitrogens with two attached hydrogens (primary N) is 1. The molecule has 0 bridgehead atoms. The fourth-order valence-corrected chi connectivity index (χ4v) is 4.21. The minimum absolute atomic E-state index is 0.128. The van der Waals surface area contributed by atoms with Crippen molar-refractivity contribution in [3.05, 3.63) is 12.7 Å². The van der Waals surface area contributed by atoms with Crippen molar-refractivity contribution in [3.63, 3.8) is 0 Å². The third-order valence-electron chi connectivity index (χ3n) is 2.47. The van der Waals surface area contributed by atoms with Crippen molar-refractivity contribution in [1.29, 1.82) is 0 Å². The highest BCUT2D eigenvalue weighted by molar-refractivity contribution is 8.11. The number of hydrogen-bond donors (Lipinski definition) is 1. The van der Waals surface area contributed by atoms with Crippen LogP contribution < -0.4 is 5.73 Å². The van der Waals surface area contributed by atoms with Crippen LogP contribution in [0.3, 0.4) is 0 Å². The fourth-order valence-electron chi connectivity index (χ4n) is 1.57. The lowest BCUT2D eigenvalue weighted by atomic mass is 10.5. The molecule has 2 aromatic rings. The largest absolute Gasteiger partial charge is 0.382 e. The summed E-state index contributed by atoms with van der Waals surface area (Å²) in [6, 6.07) is 0. The lowest BCUT2D eigenvalue weighted by molar-refractivity contribution is 0.161. The Kier molecular flexibility index (Phi) is 6.40. The summed E-state index contributed by atoms with van der Waals surface area (Å²) in [6.07, 6.45) is 2.78. The van der Waals surface area contributed by atoms with Gasteiger partial charge in [0.2, 0.25) is 6.49 Å². The Morgan fingerprint density at radius 3 is 2.68 bits per heavy atom. The molecule has 2 heterocycles. The summed E-state index contributed by atoms with van der Waals surface area (Å²) in [7, 11) is -1.30. The summed E-state index contributed by atoms with van der Waals surface area (Å²) < 4.78 is 37.4. The molecule has 0 unspecified atom stereocenters. The molecule has 0 spiro atoms. The molecule has 2 rings (SSSR count). The molecule has 0 amide bonds. The molecule has 14 heteroatoms. The van der Waals surface area contributed by atoms with Crippen molar-refractivity contribution in [1.82, 2.24) is 19.5 Å². The van der Waals surface area contributed by atoms with Gasteiger partial charge in [-0.2, -0.15) is 0 Å². The standard InChI is InChI=1S/C8H10N5O5P3S/c9-7-6-8(11-3-10-7)13(4-12-6)1-2-16-5-21(22,17-19-14)18-20-15/h3-4H,1-2,5H2,(H2,9,10,11). The maximum atomic E-state index is 10.5. The zero-order valence-electron chi connectivity index (χ0n) is 10.9. The first-order valence-electron chi connectivity index (χ1n) is 5.70. The Morgan fingerprint density at radius 1 is 1.27 bits per heavy atom. The van der Waals surface area contributed by atoms with Gasteiger partial charge >= 0.3 is 17.4 Å². The first kappa shape index (κ1) is 17.4. The number of ether oxygens (including phenoxy) is 1. The Labute approximate surface area is 133 Å². The van der Waals surface area contributed by atoms with Crippen LogP contribution in [0, 0.1) is 0 Å². The molecule has 0 radical (unpaired) electrons. The number of nitrogens with zero attached hydrogens (tertiary/aromatic N) is 4. The molecule has 2 aromatic heterocycles. The topological polar surface area (TPSA) is 131 Å². The van der Waals surface area contributed by atoms with Crippen molar-refractivity contribution < 1.29 is 22.5 Å². The third-order valence-corrected chi connectivity index (χ3v) is 7.01. The van der Waals surface area contributed by atoms with Crippen molar-refractivity contribution >= 4 is 52.7 Å². The monoisotopic (exact) mass is 381 g/mol. The molecule has 2 N–H and O–H groups in total. The average molecular weight is 381 g/mol. The number of hydrogen-bond acceptors (Lipinski definition) is 10. The van der Waals surface area contributed by atoms with Gasteiger partial charge in [-0.05, 0) is 11.8 Å². The van der Waals surface area contributed by atoms with Crippen molar-refractivity contribution in [2.24, 2.45) is 0 Å². The summed E-state index contributed by atoms with van der Waals surface area (Å²) in [5.74, 6) is 0.297. The van der Waals surface area contributed by atoms with Gasteiger partial charge in [0.15, 0.2) is 11.5 Å². The molecule has 0 aromatic carbocycles. The van der Waals surface area contributed by atoms with Crippen molar-refractivity contribution in [2.75, 3.05) is 18.7 Å². The third kappa shape index (κ3) is 4.30. The minimum atomic E-state index is -2.99. The van der Waals surface area contributed by atoms with Gasteiger partial charge in [0, 0.05) is 6.54 Å². The van der Waals surface area contributed by atoms with Gasteiger partial charge in [0.05, 0.1) is 12.9 Å². The number of imidazole rings is 1. The number of aromatic nitrogens is 4. The normalized spacial score (nSPS) is 14.5. The van der Waals surface area contributed by atoms with Crippen LogP contribution in [0.2, 0.25) is 0 Å². The fraction of sp³-hybridized carbons (Fsp3) is 0.375. The van der Waals surface area contributed by atoms with E-state index >= 15 is 0 Å². The average Bonchev–Trinajstić information content (AvgIpc) is 2.89. The van der Waals surface area contributed by atoms with E-state index in [1.54, 1.807) is 10.9 Å². The first-order chi connectivity index (χ1) is 10.6. The molecular weight excluding hydrogens is 371 g/mol. The van der Waals surface area contributed by atoms with Gasteiger partial charge in [-0.15, -0.1) is 0 Å². The van der Waals surface area contributed by atoms with Crippen LogP contribution in [0.5, 0.6) is 0 Å². The Bertz CT molecular complexity index is 713. The molecule has 10 nitrogen and oxygen atoms in total. The van der Waals surface area contributed by atoms with Crippen LogP contribution in [0.4, 0.5) is 5.82 Å². The van der Waals surface area contributed by atoms with E-state index in [-0.39, 0.29) is 13.0 Å². The highest BCUT2D eigenvalue weighted by Gasteiger charge is 2.21. The van der Waals surface area contributed by atoms with Crippen LogP contribution in [0.1, 0.15) is 0 Å². The van der Waals surface area contributed by atoms with Crippen LogP contribution in [0.25, 0.3) is 11.2 Å². The predicted octanol–water partition coefficient (Wildman–Crippen LogP) is 2.14. The van der Waals surface area contributed by atoms with Crippen LogP contribution >= 0.6 is 23.9 Å². The lowest BCUT2D eigenvalue weighted by Gasteiger charge is -2.14. The zero-order valence-corrected chi connectivity index (χ0v) is 14.4. The Balaban J connectivity index is 1.93. The quantitative estimate of drug-likeness (QED) is 0.509. The van der Waals surface area contributed by atoms with Crippen LogP contribution in [0.15, 0.2) is 12.7 Å². The summed E-state index contributed by atoms with van der Waals surface area (Å²) in [5, 5.41) is 0. The molecule has 0 saturated carbocycles. The van der Waals surface area contributed by atoms with Crippen molar-refractivity contribution in [3.8, 4) is 0 Å². The lowest BCUT2D eigenvalue weighted by Crippen LogP contribution is -2.07. The second kappa shape index (κ2) is 8.08. The van der Waals surface area contributed by atoms with E-state index in [2.05, 4.69) is 15.0 Å². The summed E-state index contributed by atoms with van der Waals surface area (Å²) in [4.78, 5) is 12.1. The minimum Gasteiger partial charge on any atom is -0.382 e. The van der Waals surface area contributed by atoms with Crippen LogP contribution in [-0.2, 0) is 40.8 Å². The van der Waals surface area contributed by atoms with E-state index in [0.717, 1.165) is 0 Å². The molecular formula is C8H10N5O5P3S. The Morgan fingerprint density at radius 2 is 2.00 bits per heavy atom. The predicted molar refractivity (Wildman–Crippen MR) is 82.2 cm³/mol. The highest BCUT2D eigenvalue weighted by Crippen LogP contribution is 2.54. The van der Waals surface area contributed by atoms with E-state index in [1.165, 1.54) is 6.33 Å². The summed E-state index contributed by atoms with van der Waals surface area (Å²) >= 11 is 4.98. The molecule has 22 heavy (non-hydrogen) atoms. The molecule has 0 saturated heterocycles. The van der Waals surface area contributed by atoms with E-state index in [9.17, 15) is 9.13 Å². The SMILES string of the molecule is Nc1ncnc2c1ncn2CCOCP(=S)(OP=O)OP=O. The van der Waals surface area contributed by atoms with E-state index in [4.69, 9.17) is 30.9 Å². The molecule has 118 valence electrons. The maximum absolute atomic E-state index is 10.5. The van der Waals surface area contributed by atoms with Crippen molar-refractivity contribution in [2.45, 2.75) is 6.54 Å². The second-order valence-corrected chi connectivity index (χ2v) is 8.58. The van der Waals surface area contributed by atoms with E-state index in [0.29, 0.717) is 23.5 Å². The number of fused-ring (bicyclic) bond motifs is 1. The zero-order chi connectivity index (χ0) is 16.0. The first-order valence-corrected chi connectivity index (χ1v) is 9.99. The van der Waals surface area contributed by atoms with Gasteiger partial charge in [-0.25, -0.2) is 32.7 Å². The van der Waals surface area contributed by atoms with Gasteiger partial charge in [0.25, 0.3) is 0 Å². The molecule has 0 aliphatic heterocycles. The number of nitrogen functional groups attached to an aromatic ring is 1. The highest BCUT2D eigenvalue weighted by atomic mass is 32.5. The summed E-state index contributed by atoms with van der Waals surface area (Å²) in [6.45, 7) is -2.33. The molecule has 0 aliphatic rings. The van der Waals surface area contributed by atoms with Gasteiger partial charge in [0.1, 0.15) is 18.2 Å². The maximum Gasteiger partial charge on any atom is 0.333 e. The van der Waals surface area contributed by atoms with E-state index in [1.807, 2.05) is 0 Å². The van der Waals surface area contributed by atoms with Gasteiger partial charge in [-0.1, -0.05) is 0 Å². The van der Waals surface area contributed by atoms with Gasteiger partial charge in [-0.3, -0.25) is 0 Å². The number of anilines is 1. The Hall–Kier alpha value is -0.920. The molecule has 0 aliphatic carbocycles. The van der Waals surface area contributed by atoms with E-state index < -0.39 is 23.9 Å². The smallest absolute Gasteiger partial charge is 0.333 e. The number of rotatable bonds is 9. The second-order valence-electron chi connectivity index (χ2n) is 3.83. The molecule has 0 fully saturated rings. The molecule has 0 atom stereocenters. The summed E-state index contributed by atoms with van der Waals surface area (Å²) in [5.41, 5.74) is 6.78. The van der Waals surface area contributed by atoms with Gasteiger partial charge < -0.3 is 15.0 Å². The van der Waals surface area contributed by atoms with Crippen LogP contribution in [-0.4, -0.2) is 32.5 Å².